The standard InChI is InChI=1S/C18H20ClN3O/c19-16-5-1-2-6-17(16)21-18(23)13-20-14-7-9-15(10-8-14)22-11-3-4-12-22/h1-2,5-10,20H,3-4,11-13H2,(H,21,23). The largest absolute Gasteiger partial charge is 0.376 e. The summed E-state index contributed by atoms with van der Waals surface area (Å²) >= 11 is 6.03. The zero-order chi connectivity index (χ0) is 16.1. The Hall–Kier alpha value is -2.20. The number of hydrogen-bond acceptors (Lipinski definition) is 3. The van der Waals surface area contributed by atoms with E-state index in [0.29, 0.717) is 10.7 Å². The summed E-state index contributed by atoms with van der Waals surface area (Å²) in [5.41, 5.74) is 2.81. The number of halogens is 1. The predicted molar refractivity (Wildman–Crippen MR) is 96.5 cm³/mol. The summed E-state index contributed by atoms with van der Waals surface area (Å²) in [6.07, 6.45) is 2.53. The van der Waals surface area contributed by atoms with Gasteiger partial charge in [0, 0.05) is 24.5 Å². The lowest BCUT2D eigenvalue weighted by Crippen LogP contribution is -2.22. The van der Waals surface area contributed by atoms with Crippen molar-refractivity contribution in [1.29, 1.82) is 0 Å². The minimum atomic E-state index is -0.123. The summed E-state index contributed by atoms with van der Waals surface area (Å²) in [5.74, 6) is -0.123. The van der Waals surface area contributed by atoms with Crippen molar-refractivity contribution in [1.82, 2.24) is 0 Å². The number of hydrogen-bond donors (Lipinski definition) is 2. The second-order valence-corrected chi connectivity index (χ2v) is 6.03. The SMILES string of the molecule is O=C(CNc1ccc(N2CCCC2)cc1)Nc1ccccc1Cl. The third-order valence-electron chi connectivity index (χ3n) is 3.94. The molecule has 0 aromatic heterocycles. The average Bonchev–Trinajstić information content (AvgIpc) is 3.10. The third kappa shape index (κ3) is 4.17. The molecule has 0 bridgehead atoms. The number of anilines is 3. The van der Waals surface area contributed by atoms with E-state index in [0.717, 1.165) is 18.8 Å². The van der Waals surface area contributed by atoms with Crippen LogP contribution in [0.25, 0.3) is 0 Å². The maximum atomic E-state index is 12.0. The molecule has 0 spiro atoms. The van der Waals surface area contributed by atoms with Crippen LogP contribution >= 0.6 is 11.6 Å². The van der Waals surface area contributed by atoms with Gasteiger partial charge in [-0.1, -0.05) is 23.7 Å². The smallest absolute Gasteiger partial charge is 0.243 e. The molecule has 1 aliphatic heterocycles. The number of carbonyl (C=O) groups is 1. The summed E-state index contributed by atoms with van der Waals surface area (Å²) in [4.78, 5) is 14.4. The molecule has 1 amide bonds. The maximum Gasteiger partial charge on any atom is 0.243 e. The molecule has 0 atom stereocenters. The predicted octanol–water partition coefficient (Wildman–Crippen LogP) is 3.99. The van der Waals surface area contributed by atoms with Crippen LogP contribution in [0.15, 0.2) is 48.5 Å². The van der Waals surface area contributed by atoms with Gasteiger partial charge >= 0.3 is 0 Å². The molecule has 4 nitrogen and oxygen atoms in total. The molecule has 0 unspecified atom stereocenters. The molecule has 2 aromatic rings. The van der Waals surface area contributed by atoms with Gasteiger partial charge in [0.15, 0.2) is 0 Å². The van der Waals surface area contributed by atoms with E-state index in [-0.39, 0.29) is 12.5 Å². The van der Waals surface area contributed by atoms with E-state index in [4.69, 9.17) is 11.6 Å². The zero-order valence-corrected chi connectivity index (χ0v) is 13.6. The van der Waals surface area contributed by atoms with E-state index in [1.807, 2.05) is 24.3 Å². The molecular weight excluding hydrogens is 310 g/mol. The van der Waals surface area contributed by atoms with Gasteiger partial charge in [-0.2, -0.15) is 0 Å². The Kier molecular flexibility index (Phi) is 5.03. The van der Waals surface area contributed by atoms with Gasteiger partial charge in [-0.05, 0) is 49.2 Å². The van der Waals surface area contributed by atoms with Crippen LogP contribution in [0.3, 0.4) is 0 Å². The summed E-state index contributed by atoms with van der Waals surface area (Å²) in [6, 6.07) is 15.4. The summed E-state index contributed by atoms with van der Waals surface area (Å²) in [7, 11) is 0. The number of carbonyl (C=O) groups excluding carboxylic acids is 1. The molecule has 1 saturated heterocycles. The van der Waals surface area contributed by atoms with E-state index in [2.05, 4.69) is 27.7 Å². The number of nitrogens with one attached hydrogen (secondary N) is 2. The number of rotatable bonds is 5. The van der Waals surface area contributed by atoms with Crippen molar-refractivity contribution >= 4 is 34.6 Å². The topological polar surface area (TPSA) is 44.4 Å². The van der Waals surface area contributed by atoms with E-state index in [9.17, 15) is 4.79 Å². The van der Waals surface area contributed by atoms with Gasteiger partial charge in [0.05, 0.1) is 17.3 Å². The average molecular weight is 330 g/mol. The van der Waals surface area contributed by atoms with Gasteiger partial charge in [0.25, 0.3) is 0 Å². The first-order chi connectivity index (χ1) is 11.2. The Labute approximate surface area is 141 Å². The van der Waals surface area contributed by atoms with Gasteiger partial charge < -0.3 is 15.5 Å². The molecule has 5 heteroatoms. The minimum absolute atomic E-state index is 0.123. The van der Waals surface area contributed by atoms with Gasteiger partial charge in [-0.15, -0.1) is 0 Å². The molecule has 23 heavy (non-hydrogen) atoms. The lowest BCUT2D eigenvalue weighted by Gasteiger charge is -2.18. The molecule has 1 aliphatic rings. The van der Waals surface area contributed by atoms with Crippen LogP contribution in [0.5, 0.6) is 0 Å². The van der Waals surface area contributed by atoms with Crippen molar-refractivity contribution in [3.63, 3.8) is 0 Å². The third-order valence-corrected chi connectivity index (χ3v) is 4.27. The number of amides is 1. The van der Waals surface area contributed by atoms with Gasteiger partial charge in [-0.3, -0.25) is 4.79 Å². The van der Waals surface area contributed by atoms with Crippen LogP contribution in [0.4, 0.5) is 17.1 Å². The molecule has 0 radical (unpaired) electrons. The monoisotopic (exact) mass is 329 g/mol. The number of nitrogens with zero attached hydrogens (tertiary/aromatic N) is 1. The van der Waals surface area contributed by atoms with Gasteiger partial charge in [-0.25, -0.2) is 0 Å². The number of para-hydroxylation sites is 1. The fourth-order valence-electron chi connectivity index (χ4n) is 2.70. The fourth-order valence-corrected chi connectivity index (χ4v) is 2.89. The highest BCUT2D eigenvalue weighted by atomic mass is 35.5. The molecule has 2 aromatic carbocycles. The summed E-state index contributed by atoms with van der Waals surface area (Å²) in [6.45, 7) is 2.47. The maximum absolute atomic E-state index is 12.0. The Bertz CT molecular complexity index is 666. The van der Waals surface area contributed by atoms with E-state index in [1.54, 1.807) is 12.1 Å². The Morgan fingerprint density at radius 3 is 2.43 bits per heavy atom. The minimum Gasteiger partial charge on any atom is -0.376 e. The first-order valence-corrected chi connectivity index (χ1v) is 8.23. The van der Waals surface area contributed by atoms with Crippen LogP contribution in [0.1, 0.15) is 12.8 Å². The van der Waals surface area contributed by atoms with Crippen molar-refractivity contribution in [3.8, 4) is 0 Å². The van der Waals surface area contributed by atoms with E-state index in [1.165, 1.54) is 18.5 Å². The van der Waals surface area contributed by atoms with Crippen LogP contribution in [0.2, 0.25) is 5.02 Å². The lowest BCUT2D eigenvalue weighted by atomic mass is 10.2. The molecule has 1 fully saturated rings. The van der Waals surface area contributed by atoms with Crippen molar-refractivity contribution in [2.75, 3.05) is 35.2 Å². The van der Waals surface area contributed by atoms with Crippen LogP contribution < -0.4 is 15.5 Å². The highest BCUT2D eigenvalue weighted by Gasteiger charge is 2.12. The van der Waals surface area contributed by atoms with Crippen molar-refractivity contribution in [2.45, 2.75) is 12.8 Å². The summed E-state index contributed by atoms with van der Waals surface area (Å²) in [5, 5.41) is 6.46. The van der Waals surface area contributed by atoms with Gasteiger partial charge in [0.1, 0.15) is 0 Å². The molecule has 120 valence electrons. The molecule has 2 N–H and O–H groups in total. The van der Waals surface area contributed by atoms with Crippen LogP contribution in [0, 0.1) is 0 Å². The molecule has 1 heterocycles. The molecule has 0 aliphatic carbocycles. The first-order valence-electron chi connectivity index (χ1n) is 7.85. The highest BCUT2D eigenvalue weighted by molar-refractivity contribution is 6.33. The Morgan fingerprint density at radius 1 is 1.04 bits per heavy atom. The normalized spacial score (nSPS) is 13.9. The van der Waals surface area contributed by atoms with E-state index < -0.39 is 0 Å². The molecule has 3 rings (SSSR count). The van der Waals surface area contributed by atoms with Gasteiger partial charge in [0.2, 0.25) is 5.91 Å². The van der Waals surface area contributed by atoms with Crippen LogP contribution in [-0.2, 0) is 4.79 Å². The first kappa shape index (κ1) is 15.7. The molecule has 0 saturated carbocycles. The van der Waals surface area contributed by atoms with Crippen LogP contribution in [-0.4, -0.2) is 25.5 Å². The van der Waals surface area contributed by atoms with Crippen molar-refractivity contribution in [3.05, 3.63) is 53.6 Å². The lowest BCUT2D eigenvalue weighted by molar-refractivity contribution is -0.114. The van der Waals surface area contributed by atoms with Crippen molar-refractivity contribution < 1.29 is 4.79 Å². The summed E-state index contributed by atoms with van der Waals surface area (Å²) < 4.78 is 0. The second kappa shape index (κ2) is 7.38. The van der Waals surface area contributed by atoms with E-state index >= 15 is 0 Å². The molecular formula is C18H20ClN3O. The highest BCUT2D eigenvalue weighted by Crippen LogP contribution is 2.22. The fraction of sp³-hybridized carbons (Fsp3) is 0.278. The quantitative estimate of drug-likeness (QED) is 0.871. The number of benzene rings is 2. The Morgan fingerprint density at radius 2 is 1.74 bits per heavy atom. The Balaban J connectivity index is 1.51. The van der Waals surface area contributed by atoms with Crippen molar-refractivity contribution in [2.24, 2.45) is 0 Å². The zero-order valence-electron chi connectivity index (χ0n) is 12.9. The second-order valence-electron chi connectivity index (χ2n) is 5.62.